The maximum Gasteiger partial charge on any atom is 0.161 e. The van der Waals surface area contributed by atoms with Gasteiger partial charge in [-0.3, -0.25) is 0 Å². The Morgan fingerprint density at radius 3 is 2.52 bits per heavy atom. The van der Waals surface area contributed by atoms with E-state index in [-0.39, 0.29) is 16.9 Å². The number of aliphatic hydroxyl groups is 1. The Hall–Kier alpha value is -1.68. The number of hydrogen-bond donors (Lipinski definition) is 1. The van der Waals surface area contributed by atoms with E-state index in [1.165, 1.54) is 11.3 Å². The van der Waals surface area contributed by atoms with Gasteiger partial charge in [0.05, 0.1) is 20.3 Å². The number of likely N-dealkylation sites (N-methyl/N-ethyl adjacent to an activating group) is 1. The third-order valence-corrected chi connectivity index (χ3v) is 5.77. The van der Waals surface area contributed by atoms with Crippen LogP contribution in [0.5, 0.6) is 11.5 Å². The Morgan fingerprint density at radius 2 is 1.87 bits per heavy atom. The van der Waals surface area contributed by atoms with Crippen molar-refractivity contribution in [3.63, 3.8) is 0 Å². The number of nitrogens with zero attached hydrogens (tertiary/aromatic N) is 1. The zero-order valence-electron chi connectivity index (χ0n) is 14.7. The molecule has 2 aliphatic rings. The normalized spacial score (nSPS) is 29.0. The van der Waals surface area contributed by atoms with Crippen molar-refractivity contribution in [1.29, 1.82) is 0 Å². The Morgan fingerprint density at radius 1 is 1.17 bits per heavy atom. The molecule has 0 amide bonds. The lowest BCUT2D eigenvalue weighted by Crippen LogP contribution is -2.47. The maximum atomic E-state index is 10.3. The van der Waals surface area contributed by atoms with Crippen molar-refractivity contribution in [2.45, 2.75) is 38.2 Å². The summed E-state index contributed by atoms with van der Waals surface area (Å²) in [6.45, 7) is 5.52. The molecule has 1 aliphatic carbocycles. The second-order valence-electron chi connectivity index (χ2n) is 7.35. The highest BCUT2D eigenvalue weighted by molar-refractivity contribution is 5.51. The highest BCUT2D eigenvalue weighted by Gasteiger charge is 2.56. The van der Waals surface area contributed by atoms with E-state index in [4.69, 9.17) is 9.47 Å². The molecule has 4 heteroatoms. The molecule has 0 bridgehead atoms. The zero-order valence-corrected chi connectivity index (χ0v) is 14.7. The van der Waals surface area contributed by atoms with Gasteiger partial charge in [0, 0.05) is 24.7 Å². The molecular weight excluding hydrogens is 290 g/mol. The highest BCUT2D eigenvalue weighted by Crippen LogP contribution is 2.59. The second-order valence-corrected chi connectivity index (χ2v) is 7.35. The van der Waals surface area contributed by atoms with Crippen LogP contribution >= 0.6 is 0 Å². The molecule has 0 unspecified atom stereocenters. The third kappa shape index (κ3) is 2.23. The summed E-state index contributed by atoms with van der Waals surface area (Å²) in [5.74, 6) is 1.51. The van der Waals surface area contributed by atoms with E-state index in [2.05, 4.69) is 37.9 Å². The topological polar surface area (TPSA) is 41.9 Å². The summed E-state index contributed by atoms with van der Waals surface area (Å²) in [7, 11) is 5.44. The second kappa shape index (κ2) is 5.45. The van der Waals surface area contributed by atoms with Gasteiger partial charge in [0.25, 0.3) is 0 Å². The van der Waals surface area contributed by atoms with Gasteiger partial charge < -0.3 is 19.5 Å². The average molecular weight is 317 g/mol. The molecule has 0 saturated carbocycles. The van der Waals surface area contributed by atoms with E-state index in [1.54, 1.807) is 14.2 Å². The Balaban J connectivity index is 2.20. The predicted molar refractivity (Wildman–Crippen MR) is 91.0 cm³/mol. The fraction of sp³-hybridized carbons (Fsp3) is 0.579. The van der Waals surface area contributed by atoms with Crippen molar-refractivity contribution in [3.8, 4) is 11.5 Å². The number of benzene rings is 1. The summed E-state index contributed by atoms with van der Waals surface area (Å²) in [6, 6.07) is 6.24. The van der Waals surface area contributed by atoms with Crippen LogP contribution in [0.15, 0.2) is 30.0 Å². The summed E-state index contributed by atoms with van der Waals surface area (Å²) < 4.78 is 10.9. The fourth-order valence-corrected chi connectivity index (χ4v) is 4.59. The van der Waals surface area contributed by atoms with Crippen LogP contribution in [-0.2, 0) is 5.41 Å². The summed E-state index contributed by atoms with van der Waals surface area (Å²) in [4.78, 5) is 2.28. The monoisotopic (exact) mass is 317 g/mol. The van der Waals surface area contributed by atoms with Crippen LogP contribution in [0.3, 0.4) is 0 Å². The quantitative estimate of drug-likeness (QED) is 0.931. The van der Waals surface area contributed by atoms with Gasteiger partial charge in [0.15, 0.2) is 11.5 Å². The van der Waals surface area contributed by atoms with Crippen LogP contribution in [0.4, 0.5) is 0 Å². The summed E-state index contributed by atoms with van der Waals surface area (Å²) in [6.07, 6.45) is 3.46. The molecule has 1 aromatic rings. The van der Waals surface area contributed by atoms with E-state index < -0.39 is 0 Å². The van der Waals surface area contributed by atoms with E-state index >= 15 is 0 Å². The van der Waals surface area contributed by atoms with Crippen LogP contribution < -0.4 is 9.47 Å². The standard InChI is InChI=1S/C19H27NO3/c1-18(2)12-14(21)11-17-19(18,8-9-20(17)3)13-6-7-15(22-4)16(10-13)23-5/h6-7,10-11,14,21H,8-9,12H2,1-5H3/t14-,19-/m1/s1. The SMILES string of the molecule is COc1ccc([C@]23CCN(C)C2=C[C@@H](O)CC3(C)C)cc1OC. The molecule has 0 aromatic heterocycles. The Labute approximate surface area is 138 Å². The summed E-state index contributed by atoms with van der Waals surface area (Å²) >= 11 is 0. The molecule has 1 saturated heterocycles. The van der Waals surface area contributed by atoms with Crippen molar-refractivity contribution < 1.29 is 14.6 Å². The number of methoxy groups -OCH3 is 2. The lowest BCUT2D eigenvalue weighted by molar-refractivity contribution is 0.0800. The van der Waals surface area contributed by atoms with Gasteiger partial charge in [-0.15, -0.1) is 0 Å². The van der Waals surface area contributed by atoms with Crippen LogP contribution in [0.25, 0.3) is 0 Å². The molecule has 4 nitrogen and oxygen atoms in total. The molecule has 0 spiro atoms. The molecule has 3 rings (SSSR count). The van der Waals surface area contributed by atoms with E-state index in [9.17, 15) is 5.11 Å². The highest BCUT2D eigenvalue weighted by atomic mass is 16.5. The van der Waals surface area contributed by atoms with Crippen molar-refractivity contribution in [2.75, 3.05) is 27.8 Å². The molecule has 126 valence electrons. The van der Waals surface area contributed by atoms with Crippen molar-refractivity contribution in [1.82, 2.24) is 4.90 Å². The number of aliphatic hydroxyl groups excluding tert-OH is 1. The van der Waals surface area contributed by atoms with Crippen LogP contribution in [0.2, 0.25) is 0 Å². The Kier molecular flexibility index (Phi) is 3.83. The first-order valence-corrected chi connectivity index (χ1v) is 8.20. The smallest absolute Gasteiger partial charge is 0.161 e. The molecule has 1 heterocycles. The first-order valence-electron chi connectivity index (χ1n) is 8.20. The van der Waals surface area contributed by atoms with Gasteiger partial charge in [0.1, 0.15) is 0 Å². The van der Waals surface area contributed by atoms with Crippen molar-refractivity contribution >= 4 is 0 Å². The number of fused-ring (bicyclic) bond motifs is 1. The molecular formula is C19H27NO3. The lowest BCUT2D eigenvalue weighted by atomic mass is 9.55. The minimum absolute atomic E-state index is 0.0408. The number of allylic oxidation sites excluding steroid dienone is 1. The Bertz CT molecular complexity index is 638. The van der Waals surface area contributed by atoms with Crippen LogP contribution in [-0.4, -0.2) is 43.9 Å². The summed E-state index contributed by atoms with van der Waals surface area (Å²) in [5.41, 5.74) is 2.33. The van der Waals surface area contributed by atoms with E-state index in [0.29, 0.717) is 0 Å². The largest absolute Gasteiger partial charge is 0.493 e. The lowest BCUT2D eigenvalue weighted by Gasteiger charge is -2.50. The number of rotatable bonds is 3. The number of hydrogen-bond acceptors (Lipinski definition) is 4. The molecule has 1 fully saturated rings. The molecule has 1 aromatic carbocycles. The molecule has 2 atom stereocenters. The van der Waals surface area contributed by atoms with Gasteiger partial charge in [-0.05, 0) is 42.0 Å². The van der Waals surface area contributed by atoms with E-state index in [0.717, 1.165) is 30.9 Å². The minimum atomic E-state index is -0.381. The molecule has 1 aliphatic heterocycles. The minimum Gasteiger partial charge on any atom is -0.493 e. The number of likely N-dealkylation sites (tertiary alicyclic amines) is 1. The van der Waals surface area contributed by atoms with Gasteiger partial charge in [-0.1, -0.05) is 19.9 Å². The molecule has 23 heavy (non-hydrogen) atoms. The maximum absolute atomic E-state index is 10.3. The fourth-order valence-electron chi connectivity index (χ4n) is 4.59. The van der Waals surface area contributed by atoms with Gasteiger partial charge in [0.2, 0.25) is 0 Å². The average Bonchev–Trinajstić information content (AvgIpc) is 2.85. The third-order valence-electron chi connectivity index (χ3n) is 5.77. The van der Waals surface area contributed by atoms with Gasteiger partial charge >= 0.3 is 0 Å². The predicted octanol–water partition coefficient (Wildman–Crippen LogP) is 2.95. The van der Waals surface area contributed by atoms with Crippen molar-refractivity contribution in [3.05, 3.63) is 35.5 Å². The van der Waals surface area contributed by atoms with Gasteiger partial charge in [-0.25, -0.2) is 0 Å². The first kappa shape index (κ1) is 16.2. The van der Waals surface area contributed by atoms with Crippen LogP contribution in [0, 0.1) is 5.41 Å². The summed E-state index contributed by atoms with van der Waals surface area (Å²) in [5, 5.41) is 10.3. The van der Waals surface area contributed by atoms with E-state index in [1.807, 2.05) is 12.1 Å². The van der Waals surface area contributed by atoms with Gasteiger partial charge in [-0.2, -0.15) is 0 Å². The number of ether oxygens (including phenoxy) is 2. The van der Waals surface area contributed by atoms with Crippen LogP contribution in [0.1, 0.15) is 32.3 Å². The zero-order chi connectivity index (χ0) is 16.8. The first-order chi connectivity index (χ1) is 10.9. The molecule has 1 N–H and O–H groups in total. The molecule has 0 radical (unpaired) electrons. The van der Waals surface area contributed by atoms with Crippen molar-refractivity contribution in [2.24, 2.45) is 5.41 Å².